The number of pyridine rings is 1. The van der Waals surface area contributed by atoms with Crippen LogP contribution in [0.4, 0.5) is 4.39 Å². The zero-order valence-corrected chi connectivity index (χ0v) is 12.0. The van der Waals surface area contributed by atoms with Crippen LogP contribution in [-0.4, -0.2) is 30.5 Å². The number of ether oxygens (including phenoxy) is 1. The van der Waals surface area contributed by atoms with Crippen LogP contribution in [0.2, 0.25) is 0 Å². The van der Waals surface area contributed by atoms with Gasteiger partial charge >= 0.3 is 5.97 Å². The van der Waals surface area contributed by atoms with E-state index in [1.54, 1.807) is 18.2 Å². The highest BCUT2D eigenvalue weighted by Gasteiger charge is 2.12. The van der Waals surface area contributed by atoms with Crippen molar-refractivity contribution in [3.63, 3.8) is 0 Å². The lowest BCUT2D eigenvalue weighted by Gasteiger charge is -2.06. The molecule has 1 amide bonds. The first-order valence-corrected chi connectivity index (χ1v) is 6.68. The van der Waals surface area contributed by atoms with Crippen LogP contribution in [-0.2, 0) is 11.2 Å². The van der Waals surface area contributed by atoms with Crippen molar-refractivity contribution in [2.75, 3.05) is 13.7 Å². The normalized spacial score (nSPS) is 10.1. The number of esters is 1. The van der Waals surface area contributed by atoms with Gasteiger partial charge in [-0.3, -0.25) is 4.79 Å². The third kappa shape index (κ3) is 4.12. The monoisotopic (exact) mass is 302 g/mol. The third-order valence-corrected chi connectivity index (χ3v) is 2.96. The number of aromatic nitrogens is 1. The lowest BCUT2D eigenvalue weighted by Crippen LogP contribution is -2.27. The molecule has 0 bridgehead atoms. The molecule has 1 N–H and O–H groups in total. The molecule has 0 aliphatic carbocycles. The molecular weight excluding hydrogens is 287 g/mol. The van der Waals surface area contributed by atoms with Gasteiger partial charge in [-0.25, -0.2) is 14.2 Å². The first-order chi connectivity index (χ1) is 10.6. The number of halogens is 1. The van der Waals surface area contributed by atoms with Crippen LogP contribution in [0.15, 0.2) is 42.5 Å². The van der Waals surface area contributed by atoms with Crippen LogP contribution in [0.1, 0.15) is 26.5 Å². The van der Waals surface area contributed by atoms with Crippen molar-refractivity contribution in [2.45, 2.75) is 6.42 Å². The fourth-order valence-corrected chi connectivity index (χ4v) is 1.88. The summed E-state index contributed by atoms with van der Waals surface area (Å²) in [4.78, 5) is 27.3. The van der Waals surface area contributed by atoms with Gasteiger partial charge in [0.1, 0.15) is 17.2 Å². The molecule has 1 heterocycles. The molecule has 0 spiro atoms. The predicted molar refractivity (Wildman–Crippen MR) is 78.0 cm³/mol. The van der Waals surface area contributed by atoms with Gasteiger partial charge in [0.2, 0.25) is 0 Å². The second-order valence-electron chi connectivity index (χ2n) is 4.54. The van der Waals surface area contributed by atoms with Crippen molar-refractivity contribution in [3.05, 3.63) is 65.2 Å². The van der Waals surface area contributed by atoms with Crippen LogP contribution in [0, 0.1) is 5.82 Å². The summed E-state index contributed by atoms with van der Waals surface area (Å²) >= 11 is 0. The van der Waals surface area contributed by atoms with Crippen molar-refractivity contribution in [2.24, 2.45) is 0 Å². The van der Waals surface area contributed by atoms with Gasteiger partial charge in [0.25, 0.3) is 5.91 Å². The SMILES string of the molecule is COC(=O)c1cccc(C(=O)NCCc2cccc(F)c2)n1. The van der Waals surface area contributed by atoms with Gasteiger partial charge in [0, 0.05) is 6.54 Å². The van der Waals surface area contributed by atoms with Crippen LogP contribution in [0.3, 0.4) is 0 Å². The summed E-state index contributed by atoms with van der Waals surface area (Å²) in [5, 5.41) is 2.68. The summed E-state index contributed by atoms with van der Waals surface area (Å²) in [6, 6.07) is 10.7. The lowest BCUT2D eigenvalue weighted by molar-refractivity contribution is 0.0594. The van der Waals surface area contributed by atoms with Crippen LogP contribution in [0.25, 0.3) is 0 Å². The fraction of sp³-hybridized carbons (Fsp3) is 0.188. The second-order valence-corrected chi connectivity index (χ2v) is 4.54. The zero-order chi connectivity index (χ0) is 15.9. The standard InChI is InChI=1S/C16H15FN2O3/c1-22-16(21)14-7-3-6-13(19-14)15(20)18-9-8-11-4-2-5-12(17)10-11/h2-7,10H,8-9H2,1H3,(H,18,20). The average Bonchev–Trinajstić information content (AvgIpc) is 2.54. The minimum atomic E-state index is -0.602. The van der Waals surface area contributed by atoms with Gasteiger partial charge in [0.15, 0.2) is 0 Å². The first-order valence-electron chi connectivity index (χ1n) is 6.68. The summed E-state index contributed by atoms with van der Waals surface area (Å²) in [5.74, 6) is -1.31. The number of amides is 1. The van der Waals surface area contributed by atoms with E-state index in [1.807, 2.05) is 0 Å². The van der Waals surface area contributed by atoms with Gasteiger partial charge < -0.3 is 10.1 Å². The highest BCUT2D eigenvalue weighted by Crippen LogP contribution is 2.04. The van der Waals surface area contributed by atoms with E-state index in [-0.39, 0.29) is 17.2 Å². The van der Waals surface area contributed by atoms with Crippen LogP contribution in [0.5, 0.6) is 0 Å². The molecule has 1 aromatic carbocycles. The molecule has 1 aromatic heterocycles. The molecule has 22 heavy (non-hydrogen) atoms. The predicted octanol–water partition coefficient (Wildman–Crippen LogP) is 1.98. The highest BCUT2D eigenvalue weighted by molar-refractivity contribution is 5.94. The maximum atomic E-state index is 13.0. The Morgan fingerprint density at radius 3 is 2.64 bits per heavy atom. The second kappa shape index (κ2) is 7.31. The summed E-state index contributed by atoms with van der Waals surface area (Å²) in [5.41, 5.74) is 0.985. The molecule has 0 saturated heterocycles. The minimum Gasteiger partial charge on any atom is -0.464 e. The number of methoxy groups -OCH3 is 1. The van der Waals surface area contributed by atoms with Crippen LogP contribution < -0.4 is 5.32 Å². The molecule has 0 aliphatic rings. The van der Waals surface area contributed by atoms with E-state index in [1.165, 1.54) is 31.4 Å². The summed E-state index contributed by atoms with van der Waals surface area (Å²) in [6.07, 6.45) is 0.500. The lowest BCUT2D eigenvalue weighted by atomic mass is 10.1. The van der Waals surface area contributed by atoms with Crippen LogP contribution >= 0.6 is 0 Å². The molecule has 0 saturated carbocycles. The molecule has 0 aliphatic heterocycles. The van der Waals surface area contributed by atoms with Crippen molar-refractivity contribution < 1.29 is 18.7 Å². The molecule has 5 nitrogen and oxygen atoms in total. The Morgan fingerprint density at radius 1 is 1.18 bits per heavy atom. The highest BCUT2D eigenvalue weighted by atomic mass is 19.1. The molecule has 2 aromatic rings. The zero-order valence-electron chi connectivity index (χ0n) is 12.0. The number of nitrogens with zero attached hydrogens (tertiary/aromatic N) is 1. The van der Waals surface area contributed by atoms with Gasteiger partial charge in [-0.05, 0) is 36.2 Å². The number of benzene rings is 1. The van der Waals surface area contributed by atoms with Gasteiger partial charge in [-0.2, -0.15) is 0 Å². The molecule has 0 atom stereocenters. The van der Waals surface area contributed by atoms with Crippen molar-refractivity contribution in [1.82, 2.24) is 10.3 Å². The minimum absolute atomic E-state index is 0.0697. The Hall–Kier alpha value is -2.76. The topological polar surface area (TPSA) is 68.3 Å². The van der Waals surface area contributed by atoms with E-state index in [0.29, 0.717) is 13.0 Å². The van der Waals surface area contributed by atoms with E-state index < -0.39 is 11.9 Å². The van der Waals surface area contributed by atoms with Gasteiger partial charge in [-0.1, -0.05) is 18.2 Å². The van der Waals surface area contributed by atoms with Crippen molar-refractivity contribution >= 4 is 11.9 Å². The van der Waals surface area contributed by atoms with E-state index in [4.69, 9.17) is 0 Å². The Morgan fingerprint density at radius 2 is 1.91 bits per heavy atom. The van der Waals surface area contributed by atoms with Gasteiger partial charge in [0.05, 0.1) is 7.11 Å². The summed E-state index contributed by atoms with van der Waals surface area (Å²) < 4.78 is 17.6. The molecule has 0 radical (unpaired) electrons. The summed E-state index contributed by atoms with van der Waals surface area (Å²) in [6.45, 7) is 0.340. The van der Waals surface area contributed by atoms with E-state index in [9.17, 15) is 14.0 Å². The Kier molecular flexibility index (Phi) is 5.19. The molecule has 0 unspecified atom stereocenters. The summed E-state index contributed by atoms with van der Waals surface area (Å²) in [7, 11) is 1.25. The average molecular weight is 302 g/mol. The number of carbonyl (C=O) groups is 2. The number of nitrogens with one attached hydrogen (secondary N) is 1. The Labute approximate surface area is 127 Å². The van der Waals surface area contributed by atoms with Crippen molar-refractivity contribution in [3.8, 4) is 0 Å². The molecule has 114 valence electrons. The van der Waals surface area contributed by atoms with E-state index in [0.717, 1.165) is 5.56 Å². The van der Waals surface area contributed by atoms with E-state index >= 15 is 0 Å². The van der Waals surface area contributed by atoms with Crippen molar-refractivity contribution in [1.29, 1.82) is 0 Å². The molecule has 0 fully saturated rings. The number of carbonyl (C=O) groups excluding carboxylic acids is 2. The number of rotatable bonds is 5. The first kappa shape index (κ1) is 15.6. The Balaban J connectivity index is 1.93. The smallest absolute Gasteiger partial charge is 0.356 e. The fourth-order valence-electron chi connectivity index (χ4n) is 1.88. The molecular formula is C16H15FN2O3. The number of hydrogen-bond donors (Lipinski definition) is 1. The third-order valence-electron chi connectivity index (χ3n) is 2.96. The quantitative estimate of drug-likeness (QED) is 0.858. The molecule has 6 heteroatoms. The number of hydrogen-bond acceptors (Lipinski definition) is 4. The maximum absolute atomic E-state index is 13.0. The largest absolute Gasteiger partial charge is 0.464 e. The molecule has 2 rings (SSSR count). The maximum Gasteiger partial charge on any atom is 0.356 e. The Bertz CT molecular complexity index is 689. The van der Waals surface area contributed by atoms with E-state index in [2.05, 4.69) is 15.0 Å². The van der Waals surface area contributed by atoms with Gasteiger partial charge in [-0.15, -0.1) is 0 Å².